The lowest BCUT2D eigenvalue weighted by Crippen LogP contribution is -1.97. The van der Waals surface area contributed by atoms with E-state index in [-0.39, 0.29) is 0 Å². The molecule has 0 saturated carbocycles. The average molecular weight is 279 g/mol. The van der Waals surface area contributed by atoms with Crippen molar-refractivity contribution in [1.82, 2.24) is 4.57 Å². The van der Waals surface area contributed by atoms with E-state index in [9.17, 15) is 0 Å². The van der Waals surface area contributed by atoms with Crippen molar-refractivity contribution >= 4 is 23.0 Å². The van der Waals surface area contributed by atoms with Crippen LogP contribution < -0.4 is 0 Å². The Morgan fingerprint density at radius 3 is 2.60 bits per heavy atom. The van der Waals surface area contributed by atoms with Gasteiger partial charge in [-0.25, -0.2) is 4.99 Å². The maximum absolute atomic E-state index is 6.14. The largest absolute Gasteiger partial charge is 0.314 e. The fourth-order valence-corrected chi connectivity index (χ4v) is 2.75. The Balaban J connectivity index is 1.97. The first-order valence-corrected chi connectivity index (χ1v) is 6.82. The Labute approximate surface area is 122 Å². The molecule has 3 heteroatoms. The molecule has 2 nitrogen and oxygen atoms in total. The van der Waals surface area contributed by atoms with Crippen LogP contribution in [0.3, 0.4) is 0 Å². The number of para-hydroxylation sites is 1. The molecule has 0 saturated heterocycles. The molecule has 0 N–H and O–H groups in total. The van der Waals surface area contributed by atoms with Crippen molar-refractivity contribution in [2.24, 2.45) is 4.99 Å². The van der Waals surface area contributed by atoms with Gasteiger partial charge in [0.25, 0.3) is 0 Å². The number of hydrogen-bond acceptors (Lipinski definition) is 1. The molecule has 0 radical (unpaired) electrons. The van der Waals surface area contributed by atoms with Crippen LogP contribution in [0.5, 0.6) is 0 Å². The fraction of sp³-hybridized carbons (Fsp3) is 0. The van der Waals surface area contributed by atoms with Crippen molar-refractivity contribution in [3.63, 3.8) is 0 Å². The Kier molecular flexibility index (Phi) is 2.51. The minimum Gasteiger partial charge on any atom is -0.314 e. The van der Waals surface area contributed by atoms with Gasteiger partial charge in [0, 0.05) is 16.8 Å². The first kappa shape index (κ1) is 11.5. The van der Waals surface area contributed by atoms with Crippen LogP contribution in [-0.4, -0.2) is 10.3 Å². The van der Waals surface area contributed by atoms with E-state index in [2.05, 4.69) is 16.8 Å². The summed E-state index contributed by atoms with van der Waals surface area (Å²) in [5, 5.41) is 0.732. The number of rotatable bonds is 1. The van der Waals surface area contributed by atoms with Gasteiger partial charge in [-0.2, -0.15) is 0 Å². The minimum absolute atomic E-state index is 0.732. The van der Waals surface area contributed by atoms with Gasteiger partial charge in [0.05, 0.1) is 22.8 Å². The summed E-state index contributed by atoms with van der Waals surface area (Å²) in [6.45, 7) is 0. The maximum atomic E-state index is 6.14. The smallest absolute Gasteiger partial charge is 0.0971 e. The predicted molar refractivity (Wildman–Crippen MR) is 82.5 cm³/mol. The average Bonchev–Trinajstić information content (AvgIpc) is 3.03. The van der Waals surface area contributed by atoms with Crippen molar-refractivity contribution in [2.75, 3.05) is 0 Å². The fourth-order valence-electron chi connectivity index (χ4n) is 2.58. The van der Waals surface area contributed by atoms with E-state index in [1.807, 2.05) is 54.6 Å². The van der Waals surface area contributed by atoms with Gasteiger partial charge in [-0.1, -0.05) is 29.8 Å². The number of aliphatic imine (C=N–C) groups is 1. The summed E-state index contributed by atoms with van der Waals surface area (Å²) >= 11 is 6.14. The first-order chi connectivity index (χ1) is 9.83. The van der Waals surface area contributed by atoms with Crippen LogP contribution in [0, 0.1) is 0 Å². The Morgan fingerprint density at radius 2 is 1.75 bits per heavy atom. The first-order valence-electron chi connectivity index (χ1n) is 6.45. The molecule has 0 aliphatic carbocycles. The molecule has 3 aromatic rings. The van der Waals surface area contributed by atoms with Crippen LogP contribution in [0.4, 0.5) is 5.69 Å². The van der Waals surface area contributed by atoms with Crippen molar-refractivity contribution in [3.05, 3.63) is 83.1 Å². The highest BCUT2D eigenvalue weighted by Gasteiger charge is 2.24. The van der Waals surface area contributed by atoms with E-state index in [1.54, 1.807) is 0 Å². The number of halogens is 1. The summed E-state index contributed by atoms with van der Waals surface area (Å²) in [6, 6.07) is 20.0. The number of fused-ring (bicyclic) bond motifs is 3. The van der Waals surface area contributed by atoms with Gasteiger partial charge >= 0.3 is 0 Å². The third-order valence-electron chi connectivity index (χ3n) is 3.46. The molecule has 96 valence electrons. The molecule has 0 amide bonds. The SMILES string of the molecule is Clc1ccc2c(c1)C(=Nc1ccccc1)c1cccn1-2. The lowest BCUT2D eigenvalue weighted by atomic mass is 10.1. The third kappa shape index (κ3) is 1.69. The zero-order chi connectivity index (χ0) is 13.5. The van der Waals surface area contributed by atoms with E-state index >= 15 is 0 Å². The Morgan fingerprint density at radius 1 is 0.900 bits per heavy atom. The second-order valence-electron chi connectivity index (χ2n) is 4.72. The number of benzene rings is 2. The highest BCUT2D eigenvalue weighted by atomic mass is 35.5. The summed E-state index contributed by atoms with van der Waals surface area (Å²) in [5.41, 5.74) is 5.23. The molecular weight excluding hydrogens is 268 g/mol. The van der Waals surface area contributed by atoms with Crippen LogP contribution in [0.15, 0.2) is 71.9 Å². The van der Waals surface area contributed by atoms with Gasteiger partial charge in [-0.15, -0.1) is 0 Å². The molecule has 2 aromatic carbocycles. The van der Waals surface area contributed by atoms with Crippen LogP contribution in [-0.2, 0) is 0 Å². The summed E-state index contributed by atoms with van der Waals surface area (Å²) in [6.07, 6.45) is 2.05. The third-order valence-corrected chi connectivity index (χ3v) is 3.70. The van der Waals surface area contributed by atoms with Crippen molar-refractivity contribution in [3.8, 4) is 5.69 Å². The van der Waals surface area contributed by atoms with Crippen molar-refractivity contribution in [1.29, 1.82) is 0 Å². The quantitative estimate of drug-likeness (QED) is 0.484. The molecule has 0 spiro atoms. The summed E-state index contributed by atoms with van der Waals surface area (Å²) in [4.78, 5) is 4.79. The minimum atomic E-state index is 0.732. The van der Waals surface area contributed by atoms with Gasteiger partial charge in [-0.05, 0) is 42.5 Å². The second-order valence-corrected chi connectivity index (χ2v) is 5.16. The molecule has 1 aliphatic rings. The predicted octanol–water partition coefficient (Wildman–Crippen LogP) is 4.61. The number of hydrogen-bond donors (Lipinski definition) is 0. The van der Waals surface area contributed by atoms with E-state index in [1.165, 1.54) is 0 Å². The molecule has 0 fully saturated rings. The van der Waals surface area contributed by atoms with Gasteiger partial charge in [0.2, 0.25) is 0 Å². The van der Waals surface area contributed by atoms with Crippen molar-refractivity contribution in [2.45, 2.75) is 0 Å². The molecule has 2 heterocycles. The molecule has 1 aliphatic heterocycles. The van der Waals surface area contributed by atoms with Crippen LogP contribution in [0.2, 0.25) is 5.02 Å². The molecule has 20 heavy (non-hydrogen) atoms. The van der Waals surface area contributed by atoms with E-state index in [0.717, 1.165) is 33.4 Å². The summed E-state index contributed by atoms with van der Waals surface area (Å²) in [5.74, 6) is 0. The lowest BCUT2D eigenvalue weighted by Gasteiger charge is -2.02. The van der Waals surface area contributed by atoms with Gasteiger partial charge in [-0.3, -0.25) is 0 Å². The number of aromatic nitrogens is 1. The second kappa shape index (κ2) is 4.36. The summed E-state index contributed by atoms with van der Waals surface area (Å²) < 4.78 is 2.15. The molecular formula is C17H11ClN2. The van der Waals surface area contributed by atoms with E-state index < -0.39 is 0 Å². The number of nitrogens with zero attached hydrogens (tertiary/aromatic N) is 2. The Bertz CT molecular complexity index is 816. The standard InChI is InChI=1S/C17H11ClN2/c18-12-8-9-15-14(11-12)17(16-7-4-10-20(15)16)19-13-5-2-1-3-6-13/h1-11H. The monoisotopic (exact) mass is 278 g/mol. The highest BCUT2D eigenvalue weighted by Crippen LogP contribution is 2.32. The normalized spacial score (nSPS) is 14.3. The Hall–Kier alpha value is -2.32. The maximum Gasteiger partial charge on any atom is 0.0971 e. The van der Waals surface area contributed by atoms with Gasteiger partial charge < -0.3 is 4.57 Å². The lowest BCUT2D eigenvalue weighted by molar-refractivity contribution is 1.09. The molecule has 0 bridgehead atoms. The van der Waals surface area contributed by atoms with Gasteiger partial charge in [0.1, 0.15) is 0 Å². The molecule has 1 aromatic heterocycles. The van der Waals surface area contributed by atoms with Crippen LogP contribution in [0.1, 0.15) is 11.3 Å². The molecule has 0 atom stereocenters. The van der Waals surface area contributed by atoms with E-state index in [0.29, 0.717) is 0 Å². The van der Waals surface area contributed by atoms with Crippen molar-refractivity contribution < 1.29 is 0 Å². The molecule has 0 unspecified atom stereocenters. The summed E-state index contributed by atoms with van der Waals surface area (Å²) in [7, 11) is 0. The molecule has 4 rings (SSSR count). The van der Waals surface area contributed by atoms with Crippen LogP contribution >= 0.6 is 11.6 Å². The van der Waals surface area contributed by atoms with Crippen LogP contribution in [0.25, 0.3) is 5.69 Å². The zero-order valence-electron chi connectivity index (χ0n) is 10.6. The highest BCUT2D eigenvalue weighted by molar-refractivity contribution is 6.31. The topological polar surface area (TPSA) is 17.3 Å². The van der Waals surface area contributed by atoms with Gasteiger partial charge in [0.15, 0.2) is 0 Å². The zero-order valence-corrected chi connectivity index (χ0v) is 11.4. The van der Waals surface area contributed by atoms with E-state index in [4.69, 9.17) is 16.6 Å².